The largest absolute Gasteiger partial charge is 0.348 e. The number of para-hydroxylation sites is 1. The first-order chi connectivity index (χ1) is 10.1. The van der Waals surface area contributed by atoms with Gasteiger partial charge in [-0.1, -0.05) is 23.7 Å². The van der Waals surface area contributed by atoms with Crippen molar-refractivity contribution in [3.05, 3.63) is 29.3 Å². The Hall–Kier alpha value is -1.59. The maximum Gasteiger partial charge on any atom is 0.313 e. The monoisotopic (exact) mass is 309 g/mol. The number of likely N-dealkylation sites (tertiary alicyclic amines) is 1. The lowest BCUT2D eigenvalue weighted by molar-refractivity contribution is -0.136. The van der Waals surface area contributed by atoms with E-state index in [1.165, 1.54) is 0 Å². The van der Waals surface area contributed by atoms with Gasteiger partial charge < -0.3 is 15.5 Å². The molecule has 5 nitrogen and oxygen atoms in total. The van der Waals surface area contributed by atoms with Crippen molar-refractivity contribution in [1.29, 1.82) is 0 Å². The zero-order chi connectivity index (χ0) is 15.2. The zero-order valence-corrected chi connectivity index (χ0v) is 12.8. The molecule has 1 aliphatic heterocycles. The van der Waals surface area contributed by atoms with Gasteiger partial charge in [-0.05, 0) is 51.0 Å². The van der Waals surface area contributed by atoms with E-state index in [2.05, 4.69) is 22.6 Å². The summed E-state index contributed by atoms with van der Waals surface area (Å²) >= 11 is 5.93. The van der Waals surface area contributed by atoms with Crippen LogP contribution in [0.1, 0.15) is 12.8 Å². The summed E-state index contributed by atoms with van der Waals surface area (Å²) in [4.78, 5) is 25.9. The first-order valence-electron chi connectivity index (χ1n) is 7.08. The van der Waals surface area contributed by atoms with Gasteiger partial charge in [0.05, 0.1) is 10.7 Å². The minimum absolute atomic E-state index is 0.411. The van der Waals surface area contributed by atoms with E-state index < -0.39 is 11.8 Å². The van der Waals surface area contributed by atoms with Crippen molar-refractivity contribution in [3.63, 3.8) is 0 Å². The Morgan fingerprint density at radius 1 is 1.24 bits per heavy atom. The molecule has 1 saturated heterocycles. The minimum Gasteiger partial charge on any atom is -0.348 e. The van der Waals surface area contributed by atoms with E-state index in [0.29, 0.717) is 23.2 Å². The lowest BCUT2D eigenvalue weighted by atomic mass is 9.97. The average Bonchev–Trinajstić information content (AvgIpc) is 2.48. The lowest BCUT2D eigenvalue weighted by Gasteiger charge is -2.28. The molecule has 0 aliphatic carbocycles. The van der Waals surface area contributed by atoms with Crippen molar-refractivity contribution in [2.24, 2.45) is 5.92 Å². The van der Waals surface area contributed by atoms with Gasteiger partial charge in [0.25, 0.3) is 0 Å². The van der Waals surface area contributed by atoms with Crippen LogP contribution in [0.25, 0.3) is 0 Å². The Kier molecular flexibility index (Phi) is 5.59. The molecule has 2 N–H and O–H groups in total. The summed E-state index contributed by atoms with van der Waals surface area (Å²) in [6.07, 6.45) is 2.09. The molecule has 6 heteroatoms. The molecule has 1 heterocycles. The molecule has 0 spiro atoms. The first kappa shape index (κ1) is 15.8. The van der Waals surface area contributed by atoms with Crippen LogP contribution < -0.4 is 10.6 Å². The van der Waals surface area contributed by atoms with Crippen LogP contribution in [-0.2, 0) is 9.59 Å². The van der Waals surface area contributed by atoms with Crippen LogP contribution in [0.15, 0.2) is 24.3 Å². The highest BCUT2D eigenvalue weighted by Crippen LogP contribution is 2.20. The summed E-state index contributed by atoms with van der Waals surface area (Å²) in [7, 11) is 2.09. The highest BCUT2D eigenvalue weighted by atomic mass is 35.5. The normalized spacial score (nSPS) is 16.5. The summed E-state index contributed by atoms with van der Waals surface area (Å²) in [5.41, 5.74) is 0.443. The third-order valence-corrected chi connectivity index (χ3v) is 4.05. The highest BCUT2D eigenvalue weighted by molar-refractivity contribution is 6.41. The molecular formula is C15H20ClN3O2. The molecule has 2 amide bonds. The van der Waals surface area contributed by atoms with E-state index in [0.717, 1.165) is 25.9 Å². The van der Waals surface area contributed by atoms with E-state index in [4.69, 9.17) is 11.6 Å². The quantitative estimate of drug-likeness (QED) is 0.836. The summed E-state index contributed by atoms with van der Waals surface area (Å²) < 4.78 is 0. The van der Waals surface area contributed by atoms with Crippen molar-refractivity contribution in [2.45, 2.75) is 12.8 Å². The molecule has 0 unspecified atom stereocenters. The van der Waals surface area contributed by atoms with Gasteiger partial charge in [-0.25, -0.2) is 0 Å². The fourth-order valence-corrected chi connectivity index (χ4v) is 2.51. The Morgan fingerprint density at radius 2 is 1.90 bits per heavy atom. The van der Waals surface area contributed by atoms with Gasteiger partial charge >= 0.3 is 11.8 Å². The number of halogens is 1. The smallest absolute Gasteiger partial charge is 0.313 e. The van der Waals surface area contributed by atoms with Crippen molar-refractivity contribution in [1.82, 2.24) is 10.2 Å². The summed E-state index contributed by atoms with van der Waals surface area (Å²) in [6, 6.07) is 6.83. The molecule has 114 valence electrons. The number of hydrogen-bond donors (Lipinski definition) is 2. The molecule has 0 saturated carbocycles. The van der Waals surface area contributed by atoms with E-state index in [-0.39, 0.29) is 0 Å². The predicted octanol–water partition coefficient (Wildman–Crippen LogP) is 1.74. The Bertz CT molecular complexity index is 513. The molecule has 21 heavy (non-hydrogen) atoms. The standard InChI is InChI=1S/C15H20ClN3O2/c1-19-8-6-11(7-9-19)10-17-14(20)15(21)18-13-5-3-2-4-12(13)16/h2-5,11H,6-10H2,1H3,(H,17,20)(H,18,21). The fourth-order valence-electron chi connectivity index (χ4n) is 2.33. The number of carbonyl (C=O) groups excluding carboxylic acids is 2. The second-order valence-electron chi connectivity index (χ2n) is 5.39. The maximum atomic E-state index is 11.8. The molecule has 0 aromatic heterocycles. The van der Waals surface area contributed by atoms with Gasteiger partial charge in [-0.2, -0.15) is 0 Å². The SMILES string of the molecule is CN1CCC(CNC(=O)C(=O)Nc2ccccc2Cl)CC1. The molecule has 1 aliphatic rings. The third-order valence-electron chi connectivity index (χ3n) is 3.72. The van der Waals surface area contributed by atoms with Crippen molar-refractivity contribution in [2.75, 3.05) is 32.0 Å². The minimum atomic E-state index is -0.684. The maximum absolute atomic E-state index is 11.8. The lowest BCUT2D eigenvalue weighted by Crippen LogP contribution is -2.41. The molecule has 2 rings (SSSR count). The van der Waals surface area contributed by atoms with Crippen LogP contribution in [0.2, 0.25) is 5.02 Å². The predicted molar refractivity (Wildman–Crippen MR) is 83.3 cm³/mol. The summed E-state index contributed by atoms with van der Waals surface area (Å²) in [5.74, 6) is -0.858. The van der Waals surface area contributed by atoms with E-state index in [1.807, 2.05) is 0 Å². The summed E-state index contributed by atoms with van der Waals surface area (Å²) in [6.45, 7) is 2.61. The second-order valence-corrected chi connectivity index (χ2v) is 5.80. The van der Waals surface area contributed by atoms with E-state index in [9.17, 15) is 9.59 Å². The fraction of sp³-hybridized carbons (Fsp3) is 0.467. The average molecular weight is 310 g/mol. The first-order valence-corrected chi connectivity index (χ1v) is 7.46. The Morgan fingerprint density at radius 3 is 2.57 bits per heavy atom. The summed E-state index contributed by atoms with van der Waals surface area (Å²) in [5, 5.41) is 5.62. The van der Waals surface area contributed by atoms with Gasteiger partial charge in [-0.15, -0.1) is 0 Å². The molecule has 1 aromatic rings. The topological polar surface area (TPSA) is 61.4 Å². The number of hydrogen-bond acceptors (Lipinski definition) is 3. The molecule has 1 fully saturated rings. The van der Waals surface area contributed by atoms with Crippen LogP contribution in [0.3, 0.4) is 0 Å². The van der Waals surface area contributed by atoms with Crippen LogP contribution >= 0.6 is 11.6 Å². The van der Waals surface area contributed by atoms with E-state index in [1.54, 1.807) is 24.3 Å². The molecule has 1 aromatic carbocycles. The number of benzene rings is 1. The number of nitrogens with one attached hydrogen (secondary N) is 2. The molecule has 0 bridgehead atoms. The third kappa shape index (κ3) is 4.72. The van der Waals surface area contributed by atoms with Gasteiger partial charge in [-0.3, -0.25) is 9.59 Å². The Balaban J connectivity index is 1.78. The van der Waals surface area contributed by atoms with Crippen molar-refractivity contribution in [3.8, 4) is 0 Å². The van der Waals surface area contributed by atoms with Gasteiger partial charge in [0.1, 0.15) is 0 Å². The van der Waals surface area contributed by atoms with Crippen LogP contribution in [-0.4, -0.2) is 43.4 Å². The molecular weight excluding hydrogens is 290 g/mol. The molecule has 0 radical (unpaired) electrons. The molecule has 0 atom stereocenters. The van der Waals surface area contributed by atoms with E-state index >= 15 is 0 Å². The number of carbonyl (C=O) groups is 2. The zero-order valence-electron chi connectivity index (χ0n) is 12.1. The van der Waals surface area contributed by atoms with Crippen LogP contribution in [0, 0.1) is 5.92 Å². The van der Waals surface area contributed by atoms with Crippen molar-refractivity contribution < 1.29 is 9.59 Å². The number of piperidine rings is 1. The number of rotatable bonds is 3. The number of nitrogens with zero attached hydrogens (tertiary/aromatic N) is 1. The van der Waals surface area contributed by atoms with Gasteiger partial charge in [0, 0.05) is 6.54 Å². The van der Waals surface area contributed by atoms with Crippen LogP contribution in [0.5, 0.6) is 0 Å². The van der Waals surface area contributed by atoms with Gasteiger partial charge in [0.15, 0.2) is 0 Å². The van der Waals surface area contributed by atoms with Gasteiger partial charge in [0.2, 0.25) is 0 Å². The second kappa shape index (κ2) is 7.43. The highest BCUT2D eigenvalue weighted by Gasteiger charge is 2.20. The Labute approximate surface area is 129 Å². The van der Waals surface area contributed by atoms with Crippen molar-refractivity contribution >= 4 is 29.1 Å². The number of amides is 2. The number of anilines is 1. The van der Waals surface area contributed by atoms with Crippen LogP contribution in [0.4, 0.5) is 5.69 Å².